The van der Waals surface area contributed by atoms with Crippen molar-refractivity contribution in [1.82, 2.24) is 4.90 Å². The van der Waals surface area contributed by atoms with Crippen molar-refractivity contribution in [2.45, 2.75) is 19.3 Å². The largest absolute Gasteiger partial charge is 0.456 e. The lowest BCUT2D eigenvalue weighted by molar-refractivity contribution is -0.148. The Bertz CT molecular complexity index is 860. The lowest BCUT2D eigenvalue weighted by Gasteiger charge is -2.14. The number of imide groups is 1. The highest BCUT2D eigenvalue weighted by Crippen LogP contribution is 2.34. The highest BCUT2D eigenvalue weighted by atomic mass is 16.5. The summed E-state index contributed by atoms with van der Waals surface area (Å²) < 4.78 is 4.90. The van der Waals surface area contributed by atoms with E-state index >= 15 is 0 Å². The lowest BCUT2D eigenvalue weighted by Crippen LogP contribution is -2.33. The average molecular weight is 381 g/mol. The number of esters is 1. The van der Waals surface area contributed by atoms with Gasteiger partial charge in [-0.25, -0.2) is 0 Å². The number of anilines is 1. The molecule has 2 atom stereocenters. The van der Waals surface area contributed by atoms with Gasteiger partial charge in [-0.15, -0.1) is 0 Å². The molecule has 1 aliphatic carbocycles. The molecular formula is C20H19N3O5. The second kappa shape index (κ2) is 8.48. The number of nitriles is 1. The normalized spacial score (nSPS) is 20.5. The molecule has 1 N–H and O–H groups in total. The zero-order valence-corrected chi connectivity index (χ0v) is 15.1. The van der Waals surface area contributed by atoms with Crippen molar-refractivity contribution < 1.29 is 23.9 Å². The smallest absolute Gasteiger partial charge is 0.308 e. The van der Waals surface area contributed by atoms with E-state index in [2.05, 4.69) is 5.32 Å². The molecule has 1 fully saturated rings. The van der Waals surface area contributed by atoms with Crippen molar-refractivity contribution in [3.05, 3.63) is 42.0 Å². The van der Waals surface area contributed by atoms with E-state index in [1.807, 2.05) is 18.2 Å². The summed E-state index contributed by atoms with van der Waals surface area (Å²) in [5.41, 5.74) is 0.815. The number of rotatable bonds is 6. The number of fused-ring (bicyclic) bond motifs is 1. The van der Waals surface area contributed by atoms with Crippen LogP contribution in [0.5, 0.6) is 0 Å². The van der Waals surface area contributed by atoms with Gasteiger partial charge in [-0.3, -0.25) is 24.1 Å². The Balaban J connectivity index is 1.43. The van der Waals surface area contributed by atoms with Gasteiger partial charge in [0.2, 0.25) is 11.8 Å². The predicted molar refractivity (Wildman–Crippen MR) is 97.4 cm³/mol. The zero-order valence-electron chi connectivity index (χ0n) is 15.1. The first-order valence-corrected chi connectivity index (χ1v) is 8.95. The van der Waals surface area contributed by atoms with Gasteiger partial charge in [-0.05, 0) is 31.0 Å². The molecule has 8 nitrogen and oxygen atoms in total. The van der Waals surface area contributed by atoms with Gasteiger partial charge in [-0.1, -0.05) is 18.2 Å². The summed E-state index contributed by atoms with van der Waals surface area (Å²) in [5.74, 6) is -2.38. The van der Waals surface area contributed by atoms with Gasteiger partial charge in [0.15, 0.2) is 6.61 Å². The van der Waals surface area contributed by atoms with Crippen LogP contribution in [0.15, 0.2) is 36.4 Å². The third kappa shape index (κ3) is 4.26. The summed E-state index contributed by atoms with van der Waals surface area (Å²) in [6.07, 6.45) is 4.72. The van der Waals surface area contributed by atoms with Gasteiger partial charge in [0.1, 0.15) is 0 Å². The number of nitrogens with one attached hydrogen (secondary N) is 1. The fourth-order valence-electron chi connectivity index (χ4n) is 3.37. The van der Waals surface area contributed by atoms with Crippen LogP contribution in [0.25, 0.3) is 0 Å². The van der Waals surface area contributed by atoms with Crippen LogP contribution >= 0.6 is 0 Å². The Morgan fingerprint density at radius 1 is 1.18 bits per heavy atom. The molecule has 1 saturated heterocycles. The molecule has 144 valence electrons. The van der Waals surface area contributed by atoms with E-state index < -0.39 is 18.5 Å². The maximum atomic E-state index is 12.3. The third-order valence-corrected chi connectivity index (χ3v) is 4.78. The van der Waals surface area contributed by atoms with Crippen LogP contribution in [0.1, 0.15) is 24.8 Å². The molecule has 0 unspecified atom stereocenters. The molecule has 1 aromatic carbocycles. The monoisotopic (exact) mass is 381 g/mol. The van der Waals surface area contributed by atoms with Crippen LogP contribution in [-0.2, 0) is 23.9 Å². The van der Waals surface area contributed by atoms with E-state index in [-0.39, 0.29) is 36.6 Å². The van der Waals surface area contributed by atoms with Crippen LogP contribution in [-0.4, -0.2) is 41.7 Å². The number of benzene rings is 1. The van der Waals surface area contributed by atoms with Gasteiger partial charge >= 0.3 is 5.97 Å². The summed E-state index contributed by atoms with van der Waals surface area (Å²) in [6, 6.07) is 8.29. The summed E-state index contributed by atoms with van der Waals surface area (Å²) >= 11 is 0. The average Bonchev–Trinajstić information content (AvgIpc) is 2.95. The number of ether oxygens (including phenoxy) is 1. The topological polar surface area (TPSA) is 117 Å². The number of hydrogen-bond acceptors (Lipinski definition) is 6. The van der Waals surface area contributed by atoms with Gasteiger partial charge in [0.25, 0.3) is 5.91 Å². The zero-order chi connectivity index (χ0) is 20.1. The molecule has 1 heterocycles. The standard InChI is InChI=1S/C20H19N3O5/c21-11-13-4-3-5-14(10-13)22-17(24)12-28-18(25)8-9-23-19(26)15-6-1-2-7-16(15)20(23)27/h1-5,10,15-16H,6-9,12H2,(H,22,24)/t15-,16-/m0/s1. The molecule has 1 aliphatic heterocycles. The number of hydrogen-bond donors (Lipinski definition) is 1. The van der Waals surface area contributed by atoms with Crippen LogP contribution in [0.4, 0.5) is 5.69 Å². The molecule has 0 bridgehead atoms. The Hall–Kier alpha value is -3.47. The predicted octanol–water partition coefficient (Wildman–Crippen LogP) is 1.38. The first-order valence-electron chi connectivity index (χ1n) is 8.95. The van der Waals surface area contributed by atoms with Crippen molar-refractivity contribution in [3.63, 3.8) is 0 Å². The maximum absolute atomic E-state index is 12.3. The van der Waals surface area contributed by atoms with E-state index in [1.54, 1.807) is 18.2 Å². The fourth-order valence-corrected chi connectivity index (χ4v) is 3.37. The number of carbonyl (C=O) groups excluding carboxylic acids is 4. The van der Waals surface area contributed by atoms with Crippen molar-refractivity contribution in [2.24, 2.45) is 11.8 Å². The van der Waals surface area contributed by atoms with E-state index in [1.165, 1.54) is 6.07 Å². The van der Waals surface area contributed by atoms with Crippen LogP contribution in [0.3, 0.4) is 0 Å². The molecule has 1 aromatic rings. The Morgan fingerprint density at radius 3 is 2.50 bits per heavy atom. The van der Waals surface area contributed by atoms with Crippen molar-refractivity contribution >= 4 is 29.4 Å². The first-order chi connectivity index (χ1) is 13.5. The second-order valence-electron chi connectivity index (χ2n) is 6.64. The molecule has 28 heavy (non-hydrogen) atoms. The van der Waals surface area contributed by atoms with Gasteiger partial charge in [-0.2, -0.15) is 5.26 Å². The van der Waals surface area contributed by atoms with Gasteiger partial charge in [0.05, 0.1) is 29.9 Å². The SMILES string of the molecule is N#Cc1cccc(NC(=O)COC(=O)CCN2C(=O)[C@H]3CC=CC[C@@H]3C2=O)c1. The maximum Gasteiger partial charge on any atom is 0.308 e. The van der Waals surface area contributed by atoms with Crippen molar-refractivity contribution in [2.75, 3.05) is 18.5 Å². The quantitative estimate of drug-likeness (QED) is 0.452. The number of amides is 3. The molecule has 8 heteroatoms. The van der Waals surface area contributed by atoms with Crippen LogP contribution < -0.4 is 5.32 Å². The van der Waals surface area contributed by atoms with E-state index in [9.17, 15) is 19.2 Å². The van der Waals surface area contributed by atoms with Crippen molar-refractivity contribution in [1.29, 1.82) is 5.26 Å². The Kier molecular flexibility index (Phi) is 5.84. The number of likely N-dealkylation sites (tertiary alicyclic amines) is 1. The van der Waals surface area contributed by atoms with Gasteiger partial charge < -0.3 is 10.1 Å². The molecule has 3 amide bonds. The molecule has 0 radical (unpaired) electrons. The number of allylic oxidation sites excluding steroid dienone is 2. The molecular weight excluding hydrogens is 362 g/mol. The lowest BCUT2D eigenvalue weighted by atomic mass is 9.85. The van der Waals surface area contributed by atoms with Gasteiger partial charge in [0, 0.05) is 12.2 Å². The molecule has 0 saturated carbocycles. The third-order valence-electron chi connectivity index (χ3n) is 4.78. The number of carbonyl (C=O) groups is 4. The minimum Gasteiger partial charge on any atom is -0.456 e. The van der Waals surface area contributed by atoms with E-state index in [0.717, 1.165) is 4.90 Å². The summed E-state index contributed by atoms with van der Waals surface area (Å²) in [7, 11) is 0. The molecule has 2 aliphatic rings. The van der Waals surface area contributed by atoms with Crippen LogP contribution in [0.2, 0.25) is 0 Å². The summed E-state index contributed by atoms with van der Waals surface area (Å²) in [4.78, 5) is 49.5. The second-order valence-corrected chi connectivity index (χ2v) is 6.64. The number of nitrogens with zero attached hydrogens (tertiary/aromatic N) is 2. The highest BCUT2D eigenvalue weighted by molar-refractivity contribution is 6.05. The van der Waals surface area contributed by atoms with E-state index in [4.69, 9.17) is 10.00 Å². The van der Waals surface area contributed by atoms with Crippen LogP contribution in [0, 0.1) is 23.2 Å². The molecule has 0 aromatic heterocycles. The first kappa shape index (κ1) is 19.3. The fraction of sp³-hybridized carbons (Fsp3) is 0.350. The van der Waals surface area contributed by atoms with E-state index in [0.29, 0.717) is 24.1 Å². The summed E-state index contributed by atoms with van der Waals surface area (Å²) in [6.45, 7) is -0.540. The molecule has 3 rings (SSSR count). The Labute approximate surface area is 161 Å². The minimum absolute atomic E-state index is 0.0463. The minimum atomic E-state index is -0.672. The van der Waals surface area contributed by atoms with Crippen molar-refractivity contribution in [3.8, 4) is 6.07 Å². The molecule has 0 spiro atoms. The summed E-state index contributed by atoms with van der Waals surface area (Å²) in [5, 5.41) is 11.4. The Morgan fingerprint density at radius 2 is 1.86 bits per heavy atom. The highest BCUT2D eigenvalue weighted by Gasteiger charge is 2.46.